The highest BCUT2D eigenvalue weighted by atomic mass is 16.5. The lowest BCUT2D eigenvalue weighted by molar-refractivity contribution is 0.251. The van der Waals surface area contributed by atoms with Crippen molar-refractivity contribution in [1.29, 1.82) is 0 Å². The Morgan fingerprint density at radius 2 is 1.91 bits per heavy atom. The first-order valence-electron chi connectivity index (χ1n) is 11.1. The standard InChI is InChI=1S/C25H24N6O3/c1-34-18-12-10-16(11-13-18)15-26-25(33)28-22-14-21(17-6-3-2-4-7-17)30-31(22)24-27-20-9-5-8-19(20)23(32)29-24/h2-4,6-7,10-14H,5,8-9,15H2,1H3,(H2,26,28,33)(H,27,29,32). The molecule has 0 saturated carbocycles. The Kier molecular flexibility index (Phi) is 5.82. The van der Waals surface area contributed by atoms with Gasteiger partial charge >= 0.3 is 6.03 Å². The second kappa shape index (κ2) is 9.22. The summed E-state index contributed by atoms with van der Waals surface area (Å²) in [7, 11) is 1.61. The lowest BCUT2D eigenvalue weighted by atomic mass is 10.2. The lowest BCUT2D eigenvalue weighted by Crippen LogP contribution is -2.29. The summed E-state index contributed by atoms with van der Waals surface area (Å²) >= 11 is 0. The van der Waals surface area contributed by atoms with Gasteiger partial charge in [0.2, 0.25) is 5.95 Å². The zero-order valence-corrected chi connectivity index (χ0v) is 18.7. The van der Waals surface area contributed by atoms with Crippen LogP contribution in [0.2, 0.25) is 0 Å². The molecule has 2 heterocycles. The molecule has 0 saturated heterocycles. The van der Waals surface area contributed by atoms with Gasteiger partial charge in [-0.15, -0.1) is 0 Å². The largest absolute Gasteiger partial charge is 0.497 e. The zero-order chi connectivity index (χ0) is 23.5. The Labute approximate surface area is 195 Å². The van der Waals surface area contributed by atoms with Crippen LogP contribution < -0.4 is 20.9 Å². The van der Waals surface area contributed by atoms with Gasteiger partial charge in [-0.2, -0.15) is 9.78 Å². The summed E-state index contributed by atoms with van der Waals surface area (Å²) < 4.78 is 6.63. The molecule has 4 aromatic rings. The predicted molar refractivity (Wildman–Crippen MR) is 128 cm³/mol. The molecular formula is C25H24N6O3. The van der Waals surface area contributed by atoms with Crippen molar-refractivity contribution in [2.75, 3.05) is 12.4 Å². The van der Waals surface area contributed by atoms with E-state index in [4.69, 9.17) is 4.74 Å². The van der Waals surface area contributed by atoms with Crippen LogP contribution >= 0.6 is 0 Å². The van der Waals surface area contributed by atoms with Gasteiger partial charge in [0.25, 0.3) is 5.56 Å². The number of amides is 2. The topological polar surface area (TPSA) is 114 Å². The Balaban J connectivity index is 1.42. The van der Waals surface area contributed by atoms with Crippen molar-refractivity contribution in [3.63, 3.8) is 0 Å². The van der Waals surface area contributed by atoms with Gasteiger partial charge in [-0.25, -0.2) is 9.78 Å². The number of aromatic amines is 1. The third-order valence-electron chi connectivity index (χ3n) is 5.76. The van der Waals surface area contributed by atoms with Gasteiger partial charge in [0.1, 0.15) is 11.6 Å². The first-order valence-corrected chi connectivity index (χ1v) is 11.1. The number of H-pyrrole nitrogens is 1. The summed E-state index contributed by atoms with van der Waals surface area (Å²) in [5, 5.41) is 10.3. The molecule has 1 aliphatic carbocycles. The number of nitrogens with zero attached hydrogens (tertiary/aromatic N) is 3. The molecule has 0 radical (unpaired) electrons. The number of fused-ring (bicyclic) bond motifs is 1. The number of aryl methyl sites for hydroxylation is 1. The van der Waals surface area contributed by atoms with Gasteiger partial charge in [-0.3, -0.25) is 15.1 Å². The number of benzene rings is 2. The van der Waals surface area contributed by atoms with E-state index in [2.05, 4.69) is 25.7 Å². The van der Waals surface area contributed by atoms with Crippen LogP contribution in [0.25, 0.3) is 17.2 Å². The van der Waals surface area contributed by atoms with Gasteiger partial charge in [0, 0.05) is 23.7 Å². The molecule has 0 unspecified atom stereocenters. The normalized spacial score (nSPS) is 12.3. The number of anilines is 1. The number of carbonyl (C=O) groups is 1. The third kappa shape index (κ3) is 4.40. The first-order chi connectivity index (χ1) is 16.6. The summed E-state index contributed by atoms with van der Waals surface area (Å²) in [6.45, 7) is 0.337. The number of carbonyl (C=O) groups excluding carboxylic acids is 1. The second-order valence-corrected chi connectivity index (χ2v) is 8.02. The molecule has 2 aromatic carbocycles. The number of urea groups is 1. The highest BCUT2D eigenvalue weighted by Gasteiger charge is 2.20. The van der Waals surface area contributed by atoms with E-state index in [9.17, 15) is 9.59 Å². The number of rotatable bonds is 6. The maximum Gasteiger partial charge on any atom is 0.320 e. The van der Waals surface area contributed by atoms with Crippen LogP contribution in [0.1, 0.15) is 23.2 Å². The van der Waals surface area contributed by atoms with E-state index in [0.29, 0.717) is 18.1 Å². The van der Waals surface area contributed by atoms with E-state index in [1.54, 1.807) is 13.2 Å². The number of hydrogen-bond donors (Lipinski definition) is 3. The monoisotopic (exact) mass is 456 g/mol. The van der Waals surface area contributed by atoms with Gasteiger partial charge in [0.05, 0.1) is 18.5 Å². The van der Waals surface area contributed by atoms with Gasteiger partial charge in [-0.1, -0.05) is 42.5 Å². The van der Waals surface area contributed by atoms with Crippen molar-refractivity contribution in [2.24, 2.45) is 0 Å². The Hall–Kier alpha value is -4.40. The van der Waals surface area contributed by atoms with Gasteiger partial charge in [0.15, 0.2) is 0 Å². The molecular weight excluding hydrogens is 432 g/mol. The molecule has 0 bridgehead atoms. The maximum absolute atomic E-state index is 12.7. The van der Waals surface area contributed by atoms with Crippen LogP contribution in [0.3, 0.4) is 0 Å². The number of hydrogen-bond acceptors (Lipinski definition) is 5. The summed E-state index contributed by atoms with van der Waals surface area (Å²) in [6, 6.07) is 18.4. The molecule has 3 N–H and O–H groups in total. The average Bonchev–Trinajstić information content (AvgIpc) is 3.51. The van der Waals surface area contributed by atoms with Crippen LogP contribution in [0, 0.1) is 0 Å². The minimum absolute atomic E-state index is 0.163. The summed E-state index contributed by atoms with van der Waals surface area (Å²) in [4.78, 5) is 32.7. The van der Waals surface area contributed by atoms with Crippen LogP contribution in [-0.4, -0.2) is 32.9 Å². The molecule has 9 heteroatoms. The number of nitrogens with one attached hydrogen (secondary N) is 3. The minimum Gasteiger partial charge on any atom is -0.497 e. The summed E-state index contributed by atoms with van der Waals surface area (Å²) in [6.07, 6.45) is 2.39. The van der Waals surface area contributed by atoms with Crippen molar-refractivity contribution >= 4 is 11.8 Å². The molecule has 172 valence electrons. The molecule has 1 aliphatic rings. The van der Waals surface area contributed by atoms with Gasteiger partial charge in [-0.05, 0) is 37.0 Å². The fourth-order valence-electron chi connectivity index (χ4n) is 4.00. The lowest BCUT2D eigenvalue weighted by Gasteiger charge is -2.10. The van der Waals surface area contributed by atoms with E-state index in [0.717, 1.165) is 47.4 Å². The van der Waals surface area contributed by atoms with Crippen molar-refractivity contribution in [2.45, 2.75) is 25.8 Å². The third-order valence-corrected chi connectivity index (χ3v) is 5.76. The summed E-state index contributed by atoms with van der Waals surface area (Å²) in [5.41, 5.74) is 3.81. The predicted octanol–water partition coefficient (Wildman–Crippen LogP) is 3.44. The minimum atomic E-state index is -0.403. The molecule has 34 heavy (non-hydrogen) atoms. The fourth-order valence-corrected chi connectivity index (χ4v) is 4.00. The first kappa shape index (κ1) is 21.4. The Morgan fingerprint density at radius 1 is 1.12 bits per heavy atom. The molecule has 0 spiro atoms. The molecule has 0 aliphatic heterocycles. The highest BCUT2D eigenvalue weighted by Crippen LogP contribution is 2.24. The van der Waals surface area contributed by atoms with Crippen LogP contribution in [0.15, 0.2) is 65.5 Å². The SMILES string of the molecule is COc1ccc(CNC(=O)Nc2cc(-c3ccccc3)nn2-c2nc3c(c(=O)[nH]2)CCC3)cc1. The number of methoxy groups -OCH3 is 1. The molecule has 5 rings (SSSR count). The van der Waals surface area contributed by atoms with Crippen LogP contribution in [0.5, 0.6) is 5.75 Å². The van der Waals surface area contributed by atoms with Crippen LogP contribution in [0.4, 0.5) is 10.6 Å². The molecule has 2 amide bonds. The van der Waals surface area contributed by atoms with Crippen LogP contribution in [-0.2, 0) is 19.4 Å². The van der Waals surface area contributed by atoms with Crippen molar-refractivity contribution in [3.05, 3.63) is 87.8 Å². The number of ether oxygens (including phenoxy) is 1. The molecule has 2 aromatic heterocycles. The fraction of sp³-hybridized carbons (Fsp3) is 0.200. The van der Waals surface area contributed by atoms with Crippen molar-refractivity contribution < 1.29 is 9.53 Å². The molecule has 9 nitrogen and oxygen atoms in total. The van der Waals surface area contributed by atoms with Gasteiger partial charge < -0.3 is 10.1 Å². The van der Waals surface area contributed by atoms with Crippen molar-refractivity contribution in [1.82, 2.24) is 25.1 Å². The smallest absolute Gasteiger partial charge is 0.320 e. The second-order valence-electron chi connectivity index (χ2n) is 8.02. The Morgan fingerprint density at radius 3 is 2.68 bits per heavy atom. The highest BCUT2D eigenvalue weighted by molar-refractivity contribution is 5.89. The Bertz CT molecular complexity index is 1380. The van der Waals surface area contributed by atoms with Crippen molar-refractivity contribution in [3.8, 4) is 23.0 Å². The maximum atomic E-state index is 12.7. The summed E-state index contributed by atoms with van der Waals surface area (Å²) in [5.74, 6) is 1.42. The van der Waals surface area contributed by atoms with E-state index in [1.165, 1.54) is 4.68 Å². The zero-order valence-electron chi connectivity index (χ0n) is 18.7. The number of aromatic nitrogens is 4. The van der Waals surface area contributed by atoms with E-state index < -0.39 is 6.03 Å². The van der Waals surface area contributed by atoms with E-state index in [1.807, 2.05) is 54.6 Å². The van der Waals surface area contributed by atoms with E-state index >= 15 is 0 Å². The average molecular weight is 457 g/mol. The quantitative estimate of drug-likeness (QED) is 0.411. The molecule has 0 atom stereocenters. The van der Waals surface area contributed by atoms with E-state index in [-0.39, 0.29) is 11.5 Å². The molecule has 0 fully saturated rings.